The van der Waals surface area contributed by atoms with Gasteiger partial charge in [0.15, 0.2) is 0 Å². The quantitative estimate of drug-likeness (QED) is 0.594. The van der Waals surface area contributed by atoms with E-state index in [2.05, 4.69) is 0 Å². The van der Waals surface area contributed by atoms with E-state index in [1.165, 1.54) is 0 Å². The fourth-order valence-corrected chi connectivity index (χ4v) is 1.66. The largest absolute Gasteiger partial charge is 0.493 e. The molecule has 0 amide bonds. The number of nitrogens with two attached hydrogens (primary N) is 2. The molecule has 1 atom stereocenters. The normalized spacial score (nSPS) is 19.3. The molecule has 0 radical (unpaired) electrons. The lowest BCUT2D eigenvalue weighted by atomic mass is 9.97. The molecule has 0 fully saturated rings. The standard InChI is InChI=1S/C10H11N3O/c11-5-6-1-2-8-9(10(6)13)7(12)3-4-14-8/h1-2,7H,3-4,12-13H2. The maximum atomic E-state index is 8.79. The Bertz CT molecular complexity index is 409. The third kappa shape index (κ3) is 1.19. The molecule has 0 saturated carbocycles. The SMILES string of the molecule is N#Cc1ccc2c(c1N)C(N)CCO2. The minimum Gasteiger partial charge on any atom is -0.493 e. The number of nitrogen functional groups attached to an aromatic ring is 1. The summed E-state index contributed by atoms with van der Waals surface area (Å²) in [6.07, 6.45) is 0.742. The summed E-state index contributed by atoms with van der Waals surface area (Å²) >= 11 is 0. The Kier molecular flexibility index (Phi) is 2.02. The Labute approximate surface area is 82.1 Å². The maximum absolute atomic E-state index is 8.79. The van der Waals surface area contributed by atoms with Crippen molar-refractivity contribution in [2.24, 2.45) is 5.73 Å². The summed E-state index contributed by atoms with van der Waals surface area (Å²) in [4.78, 5) is 0. The molecule has 14 heavy (non-hydrogen) atoms. The highest BCUT2D eigenvalue weighted by Gasteiger charge is 2.22. The van der Waals surface area contributed by atoms with Crippen LogP contribution in [0.5, 0.6) is 5.75 Å². The average molecular weight is 189 g/mol. The van der Waals surface area contributed by atoms with Gasteiger partial charge in [0.25, 0.3) is 0 Å². The second kappa shape index (κ2) is 3.20. The van der Waals surface area contributed by atoms with Crippen molar-refractivity contribution in [3.63, 3.8) is 0 Å². The van der Waals surface area contributed by atoms with Crippen molar-refractivity contribution in [2.75, 3.05) is 12.3 Å². The number of fused-ring (bicyclic) bond motifs is 1. The van der Waals surface area contributed by atoms with E-state index < -0.39 is 0 Å². The van der Waals surface area contributed by atoms with Crippen LogP contribution >= 0.6 is 0 Å². The van der Waals surface area contributed by atoms with E-state index in [4.69, 9.17) is 21.5 Å². The maximum Gasteiger partial charge on any atom is 0.126 e. The summed E-state index contributed by atoms with van der Waals surface area (Å²) in [5.41, 5.74) is 13.4. The van der Waals surface area contributed by atoms with Gasteiger partial charge < -0.3 is 16.2 Å². The summed E-state index contributed by atoms with van der Waals surface area (Å²) in [5.74, 6) is 0.709. The Hall–Kier alpha value is -1.73. The van der Waals surface area contributed by atoms with E-state index in [1.54, 1.807) is 12.1 Å². The number of hydrogen-bond acceptors (Lipinski definition) is 4. The second-order valence-corrected chi connectivity index (χ2v) is 3.29. The van der Waals surface area contributed by atoms with Crippen molar-refractivity contribution in [3.8, 4) is 11.8 Å². The molecule has 4 nitrogen and oxygen atoms in total. The van der Waals surface area contributed by atoms with Crippen LogP contribution in [0.4, 0.5) is 5.69 Å². The molecule has 2 rings (SSSR count). The van der Waals surface area contributed by atoms with E-state index in [9.17, 15) is 0 Å². The number of nitrogens with zero attached hydrogens (tertiary/aromatic N) is 1. The predicted octanol–water partition coefficient (Wildman–Crippen LogP) is 0.923. The molecule has 4 N–H and O–H groups in total. The summed E-state index contributed by atoms with van der Waals surface area (Å²) < 4.78 is 5.40. The first-order valence-corrected chi connectivity index (χ1v) is 4.45. The number of nitriles is 1. The van der Waals surface area contributed by atoms with Crippen molar-refractivity contribution in [3.05, 3.63) is 23.3 Å². The van der Waals surface area contributed by atoms with Gasteiger partial charge in [0, 0.05) is 18.0 Å². The third-order valence-corrected chi connectivity index (χ3v) is 2.42. The van der Waals surface area contributed by atoms with Gasteiger partial charge in [-0.2, -0.15) is 5.26 Å². The van der Waals surface area contributed by atoms with Crippen molar-refractivity contribution in [1.82, 2.24) is 0 Å². The zero-order chi connectivity index (χ0) is 10.1. The van der Waals surface area contributed by atoms with Crippen molar-refractivity contribution in [2.45, 2.75) is 12.5 Å². The van der Waals surface area contributed by atoms with Crippen LogP contribution in [0.15, 0.2) is 12.1 Å². The first kappa shape index (κ1) is 8.85. The third-order valence-electron chi connectivity index (χ3n) is 2.42. The fourth-order valence-electron chi connectivity index (χ4n) is 1.66. The highest BCUT2D eigenvalue weighted by Crippen LogP contribution is 2.36. The fraction of sp³-hybridized carbons (Fsp3) is 0.300. The molecule has 72 valence electrons. The van der Waals surface area contributed by atoms with Gasteiger partial charge in [-0.25, -0.2) is 0 Å². The van der Waals surface area contributed by atoms with Crippen LogP contribution in [0.2, 0.25) is 0 Å². The summed E-state index contributed by atoms with van der Waals surface area (Å²) in [5, 5.41) is 8.79. The van der Waals surface area contributed by atoms with Crippen LogP contribution in [0.1, 0.15) is 23.6 Å². The van der Waals surface area contributed by atoms with Gasteiger partial charge in [0.1, 0.15) is 11.8 Å². The Morgan fingerprint density at radius 3 is 3.00 bits per heavy atom. The topological polar surface area (TPSA) is 85.1 Å². The molecule has 1 heterocycles. The lowest BCUT2D eigenvalue weighted by molar-refractivity contribution is 0.269. The first-order valence-electron chi connectivity index (χ1n) is 4.45. The van der Waals surface area contributed by atoms with Gasteiger partial charge in [-0.05, 0) is 12.1 Å². The highest BCUT2D eigenvalue weighted by atomic mass is 16.5. The van der Waals surface area contributed by atoms with Crippen LogP contribution in [-0.4, -0.2) is 6.61 Å². The van der Waals surface area contributed by atoms with Crippen LogP contribution in [-0.2, 0) is 0 Å². The Morgan fingerprint density at radius 2 is 2.29 bits per heavy atom. The van der Waals surface area contributed by atoms with E-state index in [-0.39, 0.29) is 6.04 Å². The van der Waals surface area contributed by atoms with Crippen LogP contribution in [0, 0.1) is 11.3 Å². The van der Waals surface area contributed by atoms with Gasteiger partial charge >= 0.3 is 0 Å². The minimum absolute atomic E-state index is 0.118. The van der Waals surface area contributed by atoms with E-state index in [0.29, 0.717) is 23.6 Å². The second-order valence-electron chi connectivity index (χ2n) is 3.29. The molecule has 1 aliphatic rings. The van der Waals surface area contributed by atoms with E-state index in [0.717, 1.165) is 12.0 Å². The summed E-state index contributed by atoms with van der Waals surface area (Å²) in [7, 11) is 0. The van der Waals surface area contributed by atoms with Crippen molar-refractivity contribution >= 4 is 5.69 Å². The smallest absolute Gasteiger partial charge is 0.126 e. The highest BCUT2D eigenvalue weighted by molar-refractivity contribution is 5.65. The number of hydrogen-bond donors (Lipinski definition) is 2. The van der Waals surface area contributed by atoms with Gasteiger partial charge in [0.2, 0.25) is 0 Å². The van der Waals surface area contributed by atoms with E-state index >= 15 is 0 Å². The number of rotatable bonds is 0. The number of benzene rings is 1. The lowest BCUT2D eigenvalue weighted by Crippen LogP contribution is -2.22. The molecule has 0 bridgehead atoms. The molecule has 1 aromatic rings. The van der Waals surface area contributed by atoms with Crippen molar-refractivity contribution in [1.29, 1.82) is 5.26 Å². The van der Waals surface area contributed by atoms with Gasteiger partial charge in [0.05, 0.1) is 17.9 Å². The van der Waals surface area contributed by atoms with Crippen molar-refractivity contribution < 1.29 is 4.74 Å². The van der Waals surface area contributed by atoms with Gasteiger partial charge in [-0.1, -0.05) is 0 Å². The monoisotopic (exact) mass is 189 g/mol. The zero-order valence-electron chi connectivity index (χ0n) is 7.66. The molecule has 4 heteroatoms. The van der Waals surface area contributed by atoms with Crippen LogP contribution in [0.3, 0.4) is 0 Å². The molecule has 1 unspecified atom stereocenters. The number of anilines is 1. The predicted molar refractivity (Wildman–Crippen MR) is 52.6 cm³/mol. The summed E-state index contributed by atoms with van der Waals surface area (Å²) in [6, 6.07) is 5.32. The van der Waals surface area contributed by atoms with Gasteiger partial charge in [-0.3, -0.25) is 0 Å². The Balaban J connectivity index is 2.61. The Morgan fingerprint density at radius 1 is 1.50 bits per heavy atom. The van der Waals surface area contributed by atoms with Gasteiger partial charge in [-0.15, -0.1) is 0 Å². The molecular weight excluding hydrogens is 178 g/mol. The average Bonchev–Trinajstić information content (AvgIpc) is 2.18. The zero-order valence-corrected chi connectivity index (χ0v) is 7.66. The lowest BCUT2D eigenvalue weighted by Gasteiger charge is -2.24. The molecular formula is C10H11N3O. The van der Waals surface area contributed by atoms with Crippen LogP contribution in [0.25, 0.3) is 0 Å². The molecule has 0 aromatic heterocycles. The molecule has 0 spiro atoms. The minimum atomic E-state index is -0.118. The number of ether oxygens (including phenoxy) is 1. The molecule has 1 aliphatic heterocycles. The molecule has 1 aromatic carbocycles. The van der Waals surface area contributed by atoms with E-state index in [1.807, 2.05) is 6.07 Å². The first-order chi connectivity index (χ1) is 6.74. The summed E-state index contributed by atoms with van der Waals surface area (Å²) in [6.45, 7) is 0.611. The molecule has 0 saturated heterocycles. The van der Waals surface area contributed by atoms with Crippen LogP contribution < -0.4 is 16.2 Å². The molecule has 0 aliphatic carbocycles.